The third-order valence-electron chi connectivity index (χ3n) is 2.45. The molecule has 0 fully saturated rings. The van der Waals surface area contributed by atoms with Crippen LogP contribution in [0.5, 0.6) is 0 Å². The maximum Gasteiger partial charge on any atom is 0.305 e. The summed E-state index contributed by atoms with van der Waals surface area (Å²) in [5.74, 6) is 0.453. The zero-order chi connectivity index (χ0) is 11.0. The molecule has 0 rings (SSSR count). The number of rotatable bonds is 7. The van der Waals surface area contributed by atoms with Crippen molar-refractivity contribution in [2.45, 2.75) is 46.0 Å². The Labute approximate surface area is 85.8 Å². The van der Waals surface area contributed by atoms with E-state index in [4.69, 9.17) is 0 Å². The quantitative estimate of drug-likeness (QED) is 0.592. The highest BCUT2D eigenvalue weighted by Gasteiger charge is 2.08. The van der Waals surface area contributed by atoms with Gasteiger partial charge in [-0.3, -0.25) is 9.59 Å². The highest BCUT2D eigenvalue weighted by molar-refractivity contribution is 5.82. The Morgan fingerprint density at radius 3 is 2.36 bits per heavy atom. The van der Waals surface area contributed by atoms with Crippen LogP contribution in [0.15, 0.2) is 0 Å². The topological polar surface area (TPSA) is 43.4 Å². The first-order valence-electron chi connectivity index (χ1n) is 5.18. The van der Waals surface area contributed by atoms with E-state index >= 15 is 0 Å². The summed E-state index contributed by atoms with van der Waals surface area (Å²) in [6.45, 7) is 4.25. The van der Waals surface area contributed by atoms with Gasteiger partial charge in [0.1, 0.15) is 5.78 Å². The van der Waals surface area contributed by atoms with Crippen LogP contribution >= 0.6 is 0 Å². The number of Topliss-reactive ketones (excluding diaryl/α,β-unsaturated/α-hetero) is 1. The molecule has 0 aromatic rings. The van der Waals surface area contributed by atoms with E-state index in [1.807, 2.05) is 0 Å². The Morgan fingerprint density at radius 2 is 1.86 bits per heavy atom. The van der Waals surface area contributed by atoms with Crippen LogP contribution in [0.3, 0.4) is 0 Å². The van der Waals surface area contributed by atoms with Gasteiger partial charge in [0.25, 0.3) is 0 Å². The molecular weight excluding hydrogens is 180 g/mol. The van der Waals surface area contributed by atoms with Crippen molar-refractivity contribution in [2.75, 3.05) is 7.11 Å². The molecule has 3 heteroatoms. The van der Waals surface area contributed by atoms with E-state index in [1.54, 1.807) is 0 Å². The Kier molecular flexibility index (Phi) is 7.07. The molecule has 82 valence electrons. The monoisotopic (exact) mass is 200 g/mol. The smallest absolute Gasteiger partial charge is 0.305 e. The molecule has 0 radical (unpaired) electrons. The van der Waals surface area contributed by atoms with Gasteiger partial charge in [0.2, 0.25) is 0 Å². The predicted molar refractivity (Wildman–Crippen MR) is 54.9 cm³/mol. The third-order valence-corrected chi connectivity index (χ3v) is 2.45. The minimum absolute atomic E-state index is 0.163. The molecule has 0 amide bonds. The zero-order valence-corrected chi connectivity index (χ0v) is 9.34. The summed E-state index contributed by atoms with van der Waals surface area (Å²) < 4.78 is 4.46. The number of ether oxygens (including phenoxy) is 1. The van der Waals surface area contributed by atoms with Crippen LogP contribution in [-0.4, -0.2) is 18.9 Å². The summed E-state index contributed by atoms with van der Waals surface area (Å²) in [4.78, 5) is 22.0. The fourth-order valence-electron chi connectivity index (χ4n) is 1.08. The Balaban J connectivity index is 3.51. The van der Waals surface area contributed by atoms with Crippen molar-refractivity contribution in [3.63, 3.8) is 0 Å². The average molecular weight is 200 g/mol. The van der Waals surface area contributed by atoms with Crippen molar-refractivity contribution in [1.82, 2.24) is 0 Å². The van der Waals surface area contributed by atoms with Crippen LogP contribution in [0.4, 0.5) is 0 Å². The molecule has 0 N–H and O–H groups in total. The maximum absolute atomic E-state index is 11.3. The molecule has 0 bridgehead atoms. The standard InChI is InChI=1S/C11H20O3/c1-4-9(2)5-6-10(12)7-8-11(13)14-3/h9H,4-8H2,1-3H3. The third kappa shape index (κ3) is 6.63. The van der Waals surface area contributed by atoms with E-state index in [-0.39, 0.29) is 18.2 Å². The Hall–Kier alpha value is -0.860. The second-order valence-corrected chi connectivity index (χ2v) is 3.67. The van der Waals surface area contributed by atoms with Crippen molar-refractivity contribution in [3.8, 4) is 0 Å². The van der Waals surface area contributed by atoms with E-state index in [9.17, 15) is 9.59 Å². The average Bonchev–Trinajstić information content (AvgIpc) is 2.22. The molecule has 14 heavy (non-hydrogen) atoms. The van der Waals surface area contributed by atoms with Gasteiger partial charge in [0.05, 0.1) is 13.5 Å². The lowest BCUT2D eigenvalue weighted by atomic mass is 10.00. The summed E-state index contributed by atoms with van der Waals surface area (Å²) >= 11 is 0. The van der Waals surface area contributed by atoms with Crippen molar-refractivity contribution in [3.05, 3.63) is 0 Å². The summed E-state index contributed by atoms with van der Waals surface area (Å²) in [7, 11) is 1.34. The van der Waals surface area contributed by atoms with Gasteiger partial charge in [0, 0.05) is 12.8 Å². The Morgan fingerprint density at radius 1 is 1.21 bits per heavy atom. The fraction of sp³-hybridized carbons (Fsp3) is 0.818. The zero-order valence-electron chi connectivity index (χ0n) is 9.34. The van der Waals surface area contributed by atoms with E-state index in [0.717, 1.165) is 12.8 Å². The van der Waals surface area contributed by atoms with Gasteiger partial charge in [-0.05, 0) is 12.3 Å². The lowest BCUT2D eigenvalue weighted by Crippen LogP contribution is -2.06. The van der Waals surface area contributed by atoms with Gasteiger partial charge in [-0.2, -0.15) is 0 Å². The summed E-state index contributed by atoms with van der Waals surface area (Å²) in [5, 5.41) is 0. The van der Waals surface area contributed by atoms with E-state index < -0.39 is 0 Å². The van der Waals surface area contributed by atoms with Crippen molar-refractivity contribution < 1.29 is 14.3 Å². The summed E-state index contributed by atoms with van der Waals surface area (Å²) in [6, 6.07) is 0. The Bertz CT molecular complexity index is 187. The minimum atomic E-state index is -0.304. The van der Waals surface area contributed by atoms with Crippen LogP contribution in [0, 0.1) is 5.92 Å². The molecule has 1 atom stereocenters. The minimum Gasteiger partial charge on any atom is -0.469 e. The van der Waals surface area contributed by atoms with Crippen molar-refractivity contribution in [1.29, 1.82) is 0 Å². The molecule has 0 saturated heterocycles. The molecule has 0 aliphatic rings. The van der Waals surface area contributed by atoms with Crippen molar-refractivity contribution >= 4 is 11.8 Å². The number of hydrogen-bond donors (Lipinski definition) is 0. The lowest BCUT2D eigenvalue weighted by molar-refractivity contribution is -0.141. The van der Waals surface area contributed by atoms with Gasteiger partial charge in [-0.15, -0.1) is 0 Å². The van der Waals surface area contributed by atoms with Crippen LogP contribution in [0.25, 0.3) is 0 Å². The molecule has 0 aliphatic heterocycles. The summed E-state index contributed by atoms with van der Waals surface area (Å²) in [5.41, 5.74) is 0. The first-order valence-corrected chi connectivity index (χ1v) is 5.18. The van der Waals surface area contributed by atoms with E-state index in [1.165, 1.54) is 7.11 Å². The van der Waals surface area contributed by atoms with E-state index in [2.05, 4.69) is 18.6 Å². The molecule has 0 heterocycles. The highest BCUT2D eigenvalue weighted by Crippen LogP contribution is 2.11. The molecule has 1 unspecified atom stereocenters. The maximum atomic E-state index is 11.3. The van der Waals surface area contributed by atoms with Crippen LogP contribution < -0.4 is 0 Å². The number of ketones is 1. The van der Waals surface area contributed by atoms with Gasteiger partial charge in [0.15, 0.2) is 0 Å². The van der Waals surface area contributed by atoms with Gasteiger partial charge < -0.3 is 4.74 Å². The molecular formula is C11H20O3. The second kappa shape index (κ2) is 7.54. The number of hydrogen-bond acceptors (Lipinski definition) is 3. The summed E-state index contributed by atoms with van der Waals surface area (Å²) in [6.07, 6.45) is 3.16. The highest BCUT2D eigenvalue weighted by atomic mass is 16.5. The normalized spacial score (nSPS) is 12.2. The number of methoxy groups -OCH3 is 1. The number of carbonyl (C=O) groups is 2. The molecule has 0 aromatic carbocycles. The van der Waals surface area contributed by atoms with Crippen LogP contribution in [-0.2, 0) is 14.3 Å². The van der Waals surface area contributed by atoms with Crippen LogP contribution in [0.2, 0.25) is 0 Å². The largest absolute Gasteiger partial charge is 0.469 e. The first kappa shape index (κ1) is 13.1. The van der Waals surface area contributed by atoms with Gasteiger partial charge in [-0.1, -0.05) is 20.3 Å². The number of carbonyl (C=O) groups excluding carboxylic acids is 2. The van der Waals surface area contributed by atoms with E-state index in [0.29, 0.717) is 18.8 Å². The second-order valence-electron chi connectivity index (χ2n) is 3.67. The SMILES string of the molecule is CCC(C)CCC(=O)CCC(=O)OC. The van der Waals surface area contributed by atoms with Crippen molar-refractivity contribution in [2.24, 2.45) is 5.92 Å². The molecule has 3 nitrogen and oxygen atoms in total. The lowest BCUT2D eigenvalue weighted by Gasteiger charge is -2.06. The van der Waals surface area contributed by atoms with Gasteiger partial charge in [-0.25, -0.2) is 0 Å². The molecule has 0 saturated carbocycles. The molecule has 0 spiro atoms. The predicted octanol–water partition coefficient (Wildman–Crippen LogP) is 2.33. The van der Waals surface area contributed by atoms with Crippen LogP contribution in [0.1, 0.15) is 46.0 Å². The molecule has 0 aliphatic carbocycles. The first-order chi connectivity index (χ1) is 6.60. The number of esters is 1. The molecule has 0 aromatic heterocycles. The fourth-order valence-corrected chi connectivity index (χ4v) is 1.08. The van der Waals surface area contributed by atoms with Gasteiger partial charge >= 0.3 is 5.97 Å².